The number of aliphatic carboxylic acids is 1. The molecule has 168 valence electrons. The summed E-state index contributed by atoms with van der Waals surface area (Å²) in [5.41, 5.74) is 0.144. The molecule has 1 N–H and O–H groups in total. The first kappa shape index (κ1) is 23.2. The Morgan fingerprint density at radius 1 is 1.13 bits per heavy atom. The topological polar surface area (TPSA) is 59.0 Å². The zero-order chi connectivity index (χ0) is 22.8. The molecule has 0 bridgehead atoms. The lowest BCUT2D eigenvalue weighted by Gasteiger charge is -2.37. The van der Waals surface area contributed by atoms with Gasteiger partial charge in [0.05, 0.1) is 36.8 Å². The van der Waals surface area contributed by atoms with Crippen LogP contribution in [0.4, 0.5) is 13.2 Å². The van der Waals surface area contributed by atoms with Gasteiger partial charge in [-0.25, -0.2) is 0 Å². The quantitative estimate of drug-likeness (QED) is 0.641. The average molecular weight is 458 g/mol. The molecule has 1 unspecified atom stereocenters. The number of likely N-dealkylation sites (tertiary alicyclic amines) is 1. The molecule has 1 saturated heterocycles. The summed E-state index contributed by atoms with van der Waals surface area (Å²) in [6.07, 6.45) is -3.79. The Kier molecular flexibility index (Phi) is 7.01. The Morgan fingerprint density at radius 3 is 2.35 bits per heavy atom. The highest BCUT2D eigenvalue weighted by Gasteiger charge is 2.36. The molecule has 1 aliphatic rings. The summed E-state index contributed by atoms with van der Waals surface area (Å²) in [6.45, 7) is 0.835. The van der Waals surface area contributed by atoms with E-state index in [9.17, 15) is 23.1 Å². The number of benzene rings is 2. The molecule has 0 radical (unpaired) electrons. The fourth-order valence-electron chi connectivity index (χ4n) is 3.97. The fourth-order valence-corrected chi connectivity index (χ4v) is 4.19. The predicted molar refractivity (Wildman–Crippen MR) is 110 cm³/mol. The van der Waals surface area contributed by atoms with Crippen LogP contribution in [-0.4, -0.2) is 43.3 Å². The lowest BCUT2D eigenvalue weighted by atomic mass is 9.90. The van der Waals surface area contributed by atoms with E-state index in [-0.39, 0.29) is 5.02 Å². The van der Waals surface area contributed by atoms with E-state index >= 15 is 0 Å². The Bertz CT molecular complexity index is 943. The third-order valence-electron chi connectivity index (χ3n) is 5.59. The number of carboxylic acids is 1. The zero-order valence-corrected chi connectivity index (χ0v) is 17.8. The van der Waals surface area contributed by atoms with Gasteiger partial charge in [0, 0.05) is 11.6 Å². The summed E-state index contributed by atoms with van der Waals surface area (Å²) in [7, 11) is 2.99. The first-order valence-electron chi connectivity index (χ1n) is 9.71. The number of hydrogen-bond donors (Lipinski definition) is 1. The van der Waals surface area contributed by atoms with Gasteiger partial charge in [0.25, 0.3) is 0 Å². The molecule has 0 amide bonds. The molecule has 1 aliphatic heterocycles. The molecule has 0 aromatic heterocycles. The van der Waals surface area contributed by atoms with Crippen LogP contribution in [0.5, 0.6) is 11.5 Å². The third kappa shape index (κ3) is 5.07. The summed E-state index contributed by atoms with van der Waals surface area (Å²) < 4.78 is 51.3. The van der Waals surface area contributed by atoms with Crippen molar-refractivity contribution in [3.63, 3.8) is 0 Å². The van der Waals surface area contributed by atoms with Crippen molar-refractivity contribution in [1.29, 1.82) is 0 Å². The van der Waals surface area contributed by atoms with Crippen molar-refractivity contribution in [3.05, 3.63) is 58.1 Å². The first-order valence-corrected chi connectivity index (χ1v) is 10.1. The number of rotatable bonds is 6. The molecule has 3 rings (SSSR count). The number of carboxylic acid groups (broad SMARTS) is 1. The van der Waals surface area contributed by atoms with Gasteiger partial charge in [-0.1, -0.05) is 17.7 Å². The standard InChI is InChI=1S/C22H23ClF3NO4/c1-30-15-4-5-16(19(12-15)31-2)20(27-9-7-13(8-10-27)21(28)29)14-3-6-18(23)17(11-14)22(24,25)26/h3-6,11-13,20H,7-10H2,1-2H3,(H,28,29). The van der Waals surface area contributed by atoms with E-state index in [1.165, 1.54) is 20.3 Å². The Hall–Kier alpha value is -2.45. The van der Waals surface area contributed by atoms with Gasteiger partial charge in [0.15, 0.2) is 0 Å². The van der Waals surface area contributed by atoms with Gasteiger partial charge in [0.2, 0.25) is 0 Å². The highest BCUT2D eigenvalue weighted by molar-refractivity contribution is 6.31. The molecular formula is C22H23ClF3NO4. The number of carbonyl (C=O) groups is 1. The molecule has 2 aromatic rings. The van der Waals surface area contributed by atoms with Crippen molar-refractivity contribution in [2.24, 2.45) is 5.92 Å². The molecule has 1 heterocycles. The predicted octanol–water partition coefficient (Wildman–Crippen LogP) is 5.26. The van der Waals surface area contributed by atoms with Gasteiger partial charge in [-0.2, -0.15) is 13.2 Å². The van der Waals surface area contributed by atoms with E-state index in [4.69, 9.17) is 21.1 Å². The van der Waals surface area contributed by atoms with E-state index in [1.54, 1.807) is 24.3 Å². The van der Waals surface area contributed by atoms with Crippen molar-refractivity contribution in [2.75, 3.05) is 27.3 Å². The highest BCUT2D eigenvalue weighted by atomic mass is 35.5. The van der Waals surface area contributed by atoms with Gasteiger partial charge >= 0.3 is 12.1 Å². The smallest absolute Gasteiger partial charge is 0.417 e. The second-order valence-corrected chi connectivity index (χ2v) is 7.80. The number of halogens is 4. The number of ether oxygens (including phenoxy) is 2. The van der Waals surface area contributed by atoms with Crippen molar-refractivity contribution < 1.29 is 32.5 Å². The largest absolute Gasteiger partial charge is 0.497 e. The van der Waals surface area contributed by atoms with Crippen LogP contribution in [0.25, 0.3) is 0 Å². The van der Waals surface area contributed by atoms with Gasteiger partial charge < -0.3 is 14.6 Å². The van der Waals surface area contributed by atoms with Gasteiger partial charge in [-0.15, -0.1) is 0 Å². The Labute approximate surface area is 183 Å². The van der Waals surface area contributed by atoms with Crippen LogP contribution in [0.3, 0.4) is 0 Å². The van der Waals surface area contributed by atoms with Crippen LogP contribution in [0.15, 0.2) is 36.4 Å². The molecule has 1 atom stereocenters. The molecule has 0 spiro atoms. The van der Waals surface area contributed by atoms with E-state index in [0.29, 0.717) is 48.6 Å². The highest BCUT2D eigenvalue weighted by Crippen LogP contribution is 2.42. The van der Waals surface area contributed by atoms with Crippen molar-refractivity contribution in [1.82, 2.24) is 4.90 Å². The van der Waals surface area contributed by atoms with Crippen LogP contribution in [0.1, 0.15) is 35.6 Å². The molecule has 1 fully saturated rings. The molecule has 5 nitrogen and oxygen atoms in total. The Morgan fingerprint density at radius 2 is 1.81 bits per heavy atom. The minimum absolute atomic E-state index is 0.374. The maximum Gasteiger partial charge on any atom is 0.417 e. The Balaban J connectivity index is 2.09. The van der Waals surface area contributed by atoms with Crippen molar-refractivity contribution in [3.8, 4) is 11.5 Å². The molecular weight excluding hydrogens is 435 g/mol. The van der Waals surface area contributed by atoms with Gasteiger partial charge in [0.1, 0.15) is 11.5 Å². The van der Waals surface area contributed by atoms with Gasteiger partial charge in [-0.05, 0) is 55.8 Å². The van der Waals surface area contributed by atoms with Crippen LogP contribution < -0.4 is 9.47 Å². The van der Waals surface area contributed by atoms with Crippen LogP contribution in [0.2, 0.25) is 5.02 Å². The second-order valence-electron chi connectivity index (χ2n) is 7.40. The molecule has 0 saturated carbocycles. The lowest BCUT2D eigenvalue weighted by Crippen LogP contribution is -2.39. The fraction of sp³-hybridized carbons (Fsp3) is 0.409. The molecule has 0 aliphatic carbocycles. The minimum atomic E-state index is -4.60. The SMILES string of the molecule is COc1ccc(C(c2ccc(Cl)c(C(F)(F)F)c2)N2CCC(C(=O)O)CC2)c(OC)c1. The second kappa shape index (κ2) is 9.36. The van der Waals surface area contributed by atoms with Crippen molar-refractivity contribution >= 4 is 17.6 Å². The van der Waals surface area contributed by atoms with Crippen molar-refractivity contribution in [2.45, 2.75) is 25.1 Å². The minimum Gasteiger partial charge on any atom is -0.497 e. The summed E-state index contributed by atoms with van der Waals surface area (Å²) in [6, 6.07) is 8.44. The number of nitrogens with zero attached hydrogens (tertiary/aromatic N) is 1. The third-order valence-corrected chi connectivity index (χ3v) is 5.92. The van der Waals surface area contributed by atoms with E-state index < -0.39 is 29.7 Å². The number of piperidine rings is 1. The average Bonchev–Trinajstić information content (AvgIpc) is 2.74. The van der Waals surface area contributed by atoms with Crippen LogP contribution >= 0.6 is 11.6 Å². The zero-order valence-electron chi connectivity index (χ0n) is 17.1. The molecule has 9 heteroatoms. The molecule has 2 aromatic carbocycles. The normalized spacial score (nSPS) is 16.7. The van der Waals surface area contributed by atoms with E-state index in [1.807, 2.05) is 4.90 Å². The summed E-state index contributed by atoms with van der Waals surface area (Å²) >= 11 is 5.83. The van der Waals surface area contributed by atoms with E-state index in [2.05, 4.69) is 0 Å². The summed E-state index contributed by atoms with van der Waals surface area (Å²) in [4.78, 5) is 13.3. The number of methoxy groups -OCH3 is 2. The lowest BCUT2D eigenvalue weighted by molar-refractivity contribution is -0.143. The van der Waals surface area contributed by atoms with Crippen LogP contribution in [0, 0.1) is 5.92 Å². The van der Waals surface area contributed by atoms with Gasteiger partial charge in [-0.3, -0.25) is 9.69 Å². The van der Waals surface area contributed by atoms with E-state index in [0.717, 1.165) is 6.07 Å². The summed E-state index contributed by atoms with van der Waals surface area (Å²) in [5, 5.41) is 8.93. The number of alkyl halides is 3. The molecule has 31 heavy (non-hydrogen) atoms. The monoisotopic (exact) mass is 457 g/mol. The maximum atomic E-state index is 13.5. The summed E-state index contributed by atoms with van der Waals surface area (Å²) in [5.74, 6) is -0.307. The first-order chi connectivity index (χ1) is 14.7. The maximum absolute atomic E-state index is 13.5. The van der Waals surface area contributed by atoms with Crippen LogP contribution in [-0.2, 0) is 11.0 Å². The number of hydrogen-bond acceptors (Lipinski definition) is 4.